The van der Waals surface area contributed by atoms with Crippen LogP contribution in [0.1, 0.15) is 21.1 Å². The van der Waals surface area contributed by atoms with E-state index in [0.29, 0.717) is 38.7 Å². The van der Waals surface area contributed by atoms with E-state index in [1.165, 1.54) is 23.5 Å². The van der Waals surface area contributed by atoms with Crippen molar-refractivity contribution >= 4 is 33.1 Å². The van der Waals surface area contributed by atoms with Crippen LogP contribution in [0, 0.1) is 6.92 Å². The molecule has 0 spiro atoms. The Hall–Kier alpha value is -2.71. The van der Waals surface area contributed by atoms with Crippen molar-refractivity contribution in [3.8, 4) is 5.75 Å². The van der Waals surface area contributed by atoms with Crippen molar-refractivity contribution in [3.05, 3.63) is 50.9 Å². The van der Waals surface area contributed by atoms with E-state index in [1.54, 1.807) is 19.1 Å². The largest absolute Gasteiger partial charge is 0.508 e. The fraction of sp³-hybridized carbons (Fsp3) is 0.235. The van der Waals surface area contributed by atoms with Crippen LogP contribution in [0.5, 0.6) is 5.75 Å². The standard InChI is InChI=1S/C17H18N4O3S/c1-9-13-15(23)19-12(8-21(2)3)20-17(13)25-14(9)16(24)18-10-5-4-6-11(22)7-10/h4-7,22H,8H2,1-3H3,(H,18,24)(H,19,20,23). The molecule has 0 aliphatic carbocycles. The summed E-state index contributed by atoms with van der Waals surface area (Å²) in [5.74, 6) is 0.292. The Bertz CT molecular complexity index is 1010. The van der Waals surface area contributed by atoms with E-state index in [1.807, 2.05) is 19.0 Å². The molecule has 2 aromatic heterocycles. The number of benzene rings is 1. The number of aromatic amines is 1. The maximum Gasteiger partial charge on any atom is 0.266 e. The number of carbonyl (C=O) groups is 1. The number of amides is 1. The summed E-state index contributed by atoms with van der Waals surface area (Å²) in [5.41, 5.74) is 0.840. The quantitative estimate of drug-likeness (QED) is 0.665. The lowest BCUT2D eigenvalue weighted by Gasteiger charge is -2.07. The van der Waals surface area contributed by atoms with Crippen molar-refractivity contribution in [2.75, 3.05) is 19.4 Å². The van der Waals surface area contributed by atoms with Crippen molar-refractivity contribution in [2.45, 2.75) is 13.5 Å². The second-order valence-electron chi connectivity index (χ2n) is 5.99. The van der Waals surface area contributed by atoms with Crippen molar-refractivity contribution in [1.82, 2.24) is 14.9 Å². The van der Waals surface area contributed by atoms with E-state index < -0.39 is 0 Å². The first-order valence-corrected chi connectivity index (χ1v) is 8.44. The molecule has 0 aliphatic heterocycles. The number of rotatable bonds is 4. The summed E-state index contributed by atoms with van der Waals surface area (Å²) >= 11 is 1.19. The third-order valence-corrected chi connectivity index (χ3v) is 4.81. The zero-order chi connectivity index (χ0) is 18.1. The molecule has 7 nitrogen and oxygen atoms in total. The van der Waals surface area contributed by atoms with E-state index in [-0.39, 0.29) is 17.2 Å². The number of hydrogen-bond acceptors (Lipinski definition) is 6. The topological polar surface area (TPSA) is 98.3 Å². The molecule has 1 aromatic carbocycles. The number of H-pyrrole nitrogens is 1. The van der Waals surface area contributed by atoms with Gasteiger partial charge in [-0.3, -0.25) is 9.59 Å². The summed E-state index contributed by atoms with van der Waals surface area (Å²) in [5, 5.41) is 12.7. The Morgan fingerprint density at radius 1 is 1.40 bits per heavy atom. The van der Waals surface area contributed by atoms with Crippen molar-refractivity contribution in [3.63, 3.8) is 0 Å². The van der Waals surface area contributed by atoms with Gasteiger partial charge in [-0.05, 0) is 38.7 Å². The monoisotopic (exact) mass is 358 g/mol. The number of aromatic hydroxyl groups is 1. The van der Waals surface area contributed by atoms with Crippen LogP contribution in [0.15, 0.2) is 29.1 Å². The second-order valence-corrected chi connectivity index (χ2v) is 6.99. The summed E-state index contributed by atoms with van der Waals surface area (Å²) in [6, 6.07) is 6.31. The number of nitrogens with zero attached hydrogens (tertiary/aromatic N) is 2. The molecule has 3 N–H and O–H groups in total. The molecule has 0 fully saturated rings. The average Bonchev–Trinajstić information content (AvgIpc) is 2.84. The highest BCUT2D eigenvalue weighted by atomic mass is 32.1. The van der Waals surface area contributed by atoms with Crippen LogP contribution in [-0.4, -0.2) is 40.0 Å². The van der Waals surface area contributed by atoms with Gasteiger partial charge in [-0.1, -0.05) is 6.07 Å². The average molecular weight is 358 g/mol. The minimum Gasteiger partial charge on any atom is -0.508 e. The van der Waals surface area contributed by atoms with Gasteiger partial charge in [0.25, 0.3) is 11.5 Å². The zero-order valence-electron chi connectivity index (χ0n) is 14.1. The fourth-order valence-electron chi connectivity index (χ4n) is 2.55. The molecular formula is C17H18N4O3S. The molecule has 25 heavy (non-hydrogen) atoms. The second kappa shape index (κ2) is 6.66. The molecule has 0 radical (unpaired) electrons. The molecule has 3 rings (SSSR count). The predicted octanol–water partition coefficient (Wildman–Crippen LogP) is 2.31. The van der Waals surface area contributed by atoms with E-state index in [4.69, 9.17) is 0 Å². The number of aryl methyl sites for hydroxylation is 1. The molecule has 130 valence electrons. The Morgan fingerprint density at radius 3 is 2.84 bits per heavy atom. The van der Waals surface area contributed by atoms with E-state index in [0.717, 1.165) is 0 Å². The fourth-order valence-corrected chi connectivity index (χ4v) is 3.65. The molecule has 0 saturated carbocycles. The van der Waals surface area contributed by atoms with Crippen LogP contribution in [0.3, 0.4) is 0 Å². The van der Waals surface area contributed by atoms with Crippen molar-refractivity contribution in [1.29, 1.82) is 0 Å². The zero-order valence-corrected chi connectivity index (χ0v) is 14.9. The van der Waals surface area contributed by atoms with Gasteiger partial charge >= 0.3 is 0 Å². The summed E-state index contributed by atoms with van der Waals surface area (Å²) in [4.78, 5) is 35.0. The number of phenols is 1. The minimum atomic E-state index is -0.334. The lowest BCUT2D eigenvalue weighted by molar-refractivity contribution is 0.103. The summed E-state index contributed by atoms with van der Waals surface area (Å²) in [6.07, 6.45) is 0. The SMILES string of the molecule is Cc1c(C(=O)Nc2cccc(O)c2)sc2nc(CN(C)C)[nH]c(=O)c12. The summed E-state index contributed by atoms with van der Waals surface area (Å²) in [7, 11) is 3.77. The van der Waals surface area contributed by atoms with Crippen LogP contribution in [-0.2, 0) is 6.54 Å². The molecule has 8 heteroatoms. The number of thiophene rings is 1. The Balaban J connectivity index is 1.99. The van der Waals surface area contributed by atoms with Gasteiger partial charge in [0.15, 0.2) is 0 Å². The molecule has 0 saturated heterocycles. The molecule has 0 atom stereocenters. The number of phenolic OH excluding ortho intramolecular Hbond substituents is 1. The third kappa shape index (κ3) is 3.54. The van der Waals surface area contributed by atoms with Crippen molar-refractivity contribution < 1.29 is 9.90 Å². The molecule has 0 unspecified atom stereocenters. The summed E-state index contributed by atoms with van der Waals surface area (Å²) in [6.45, 7) is 2.24. The highest BCUT2D eigenvalue weighted by Gasteiger charge is 2.19. The van der Waals surface area contributed by atoms with Crippen LogP contribution >= 0.6 is 11.3 Å². The maximum atomic E-state index is 12.6. The normalized spacial score (nSPS) is 11.2. The van der Waals surface area contributed by atoms with Gasteiger partial charge in [0.2, 0.25) is 0 Å². The number of aromatic nitrogens is 2. The van der Waals surface area contributed by atoms with Crippen LogP contribution in [0.25, 0.3) is 10.2 Å². The first kappa shape index (κ1) is 17.1. The van der Waals surface area contributed by atoms with Gasteiger partial charge in [0, 0.05) is 11.8 Å². The number of nitrogens with one attached hydrogen (secondary N) is 2. The van der Waals surface area contributed by atoms with Gasteiger partial charge in [0.05, 0.1) is 16.8 Å². The van der Waals surface area contributed by atoms with E-state index in [2.05, 4.69) is 15.3 Å². The van der Waals surface area contributed by atoms with Crippen LogP contribution in [0.2, 0.25) is 0 Å². The van der Waals surface area contributed by atoms with Crippen LogP contribution < -0.4 is 10.9 Å². The Kier molecular flexibility index (Phi) is 4.56. The highest BCUT2D eigenvalue weighted by Crippen LogP contribution is 2.28. The highest BCUT2D eigenvalue weighted by molar-refractivity contribution is 7.20. The molecule has 3 aromatic rings. The summed E-state index contributed by atoms with van der Waals surface area (Å²) < 4.78 is 0. The molecule has 0 aliphatic rings. The van der Waals surface area contributed by atoms with Crippen LogP contribution in [0.4, 0.5) is 5.69 Å². The lowest BCUT2D eigenvalue weighted by atomic mass is 10.2. The first-order chi connectivity index (χ1) is 11.8. The number of hydrogen-bond donors (Lipinski definition) is 3. The number of fused-ring (bicyclic) bond motifs is 1. The van der Waals surface area contributed by atoms with Gasteiger partial charge in [-0.25, -0.2) is 4.98 Å². The molecule has 1 amide bonds. The van der Waals surface area contributed by atoms with Gasteiger partial charge in [-0.2, -0.15) is 0 Å². The molecule has 0 bridgehead atoms. The smallest absolute Gasteiger partial charge is 0.266 e. The van der Waals surface area contributed by atoms with E-state index >= 15 is 0 Å². The van der Waals surface area contributed by atoms with Gasteiger partial charge in [0.1, 0.15) is 16.4 Å². The minimum absolute atomic E-state index is 0.0669. The Morgan fingerprint density at radius 2 is 2.16 bits per heavy atom. The lowest BCUT2D eigenvalue weighted by Crippen LogP contribution is -2.18. The van der Waals surface area contributed by atoms with Gasteiger partial charge < -0.3 is 20.3 Å². The Labute approximate surface area is 148 Å². The predicted molar refractivity (Wildman–Crippen MR) is 98.4 cm³/mol. The van der Waals surface area contributed by atoms with Crippen molar-refractivity contribution in [2.24, 2.45) is 0 Å². The maximum absolute atomic E-state index is 12.6. The van der Waals surface area contributed by atoms with E-state index in [9.17, 15) is 14.7 Å². The first-order valence-electron chi connectivity index (χ1n) is 7.62. The third-order valence-electron chi connectivity index (χ3n) is 3.63. The number of carbonyl (C=O) groups excluding carboxylic acids is 1. The number of anilines is 1. The molecule has 2 heterocycles. The molecular weight excluding hydrogens is 340 g/mol. The van der Waals surface area contributed by atoms with Gasteiger partial charge in [-0.15, -0.1) is 11.3 Å².